The van der Waals surface area contributed by atoms with Gasteiger partial charge in [0.05, 0.1) is 0 Å². The number of aromatic nitrogens is 18. The Morgan fingerprint density at radius 3 is 0.887 bits per heavy atom. The Bertz CT molecular complexity index is 5230. The number of rotatable bonds is 20. The van der Waals surface area contributed by atoms with Crippen LogP contribution in [0.1, 0.15) is 5.56 Å². The van der Waals surface area contributed by atoms with E-state index in [1.54, 1.807) is 103 Å². The van der Waals surface area contributed by atoms with Crippen molar-refractivity contribution in [2.24, 2.45) is 0 Å². The highest BCUT2D eigenvalue weighted by Crippen LogP contribution is 2.35. The van der Waals surface area contributed by atoms with Crippen molar-refractivity contribution >= 4 is 136 Å². The largest absolute Gasteiger partial charge is 0.504 e. The molecule has 0 amide bonds. The summed E-state index contributed by atoms with van der Waals surface area (Å²) >= 11 is 0. The van der Waals surface area contributed by atoms with Crippen LogP contribution in [0.5, 0.6) is 69.0 Å². The molecule has 0 aliphatic heterocycles. The molecular formula is C67H86N36O12. The zero-order chi connectivity index (χ0) is 84.5. The van der Waals surface area contributed by atoms with Gasteiger partial charge in [0, 0.05) is 150 Å². The van der Waals surface area contributed by atoms with Gasteiger partial charge in [-0.25, -0.2) is 0 Å². The molecule has 115 heavy (non-hydrogen) atoms. The molecule has 0 bridgehead atoms. The fraction of sp³-hybridized carbons (Fsp3) is 0.194. The molecule has 0 radical (unpaired) electrons. The van der Waals surface area contributed by atoms with Gasteiger partial charge < -0.3 is 157 Å². The molecule has 606 valence electrons. The number of phenols is 12. The molecule has 0 saturated carbocycles. The van der Waals surface area contributed by atoms with E-state index in [4.69, 9.17) is 33.8 Å². The number of benzene rings is 6. The Morgan fingerprint density at radius 2 is 0.513 bits per heavy atom. The van der Waals surface area contributed by atoms with Crippen molar-refractivity contribution in [3.63, 3.8) is 0 Å². The van der Waals surface area contributed by atoms with Crippen LogP contribution in [-0.2, 0) is 6.54 Å². The maximum atomic E-state index is 9.50. The third-order valence-electron chi connectivity index (χ3n) is 14.2. The molecule has 0 saturated heterocycles. The Morgan fingerprint density at radius 1 is 0.252 bits per heavy atom. The second-order valence-corrected chi connectivity index (χ2v) is 23.9. The summed E-state index contributed by atoms with van der Waals surface area (Å²) in [4.78, 5) is 81.2. The van der Waals surface area contributed by atoms with Crippen LogP contribution >= 0.6 is 0 Å². The summed E-state index contributed by atoms with van der Waals surface area (Å²) in [5, 5.41) is 135. The van der Waals surface area contributed by atoms with E-state index >= 15 is 0 Å². The van der Waals surface area contributed by atoms with Crippen LogP contribution < -0.4 is 95.7 Å². The molecule has 6 heterocycles. The van der Waals surface area contributed by atoms with Crippen molar-refractivity contribution in [1.82, 2.24) is 89.7 Å². The van der Waals surface area contributed by atoms with Crippen LogP contribution in [-0.4, -0.2) is 236 Å². The SMILES string of the molecule is CN(C)c1nc(N)nc(Nc2ccc(O)c(O)c2)n1.CN(C)c1nc(Nc2ccc(O)c(O)c2)nc(N(C)C)n1.CNc1nc(N)nc(N(C)c2ccc(O)c(O)c2)n1.CNc1nc(N)nc(Nc2ccc(O)c(O)c2)n1.CNc1nc(Nc2ccc(O)c(O)c2)nc(N(C)C)n1.Nc1nc(N)nc(NCc2ccc(O)c(O)c2)n1. The number of nitrogens with two attached hydrogens (primary N) is 5. The molecule has 48 heteroatoms. The zero-order valence-corrected chi connectivity index (χ0v) is 63.6. The van der Waals surface area contributed by atoms with Gasteiger partial charge in [-0.3, -0.25) is 0 Å². The number of nitrogens with one attached hydrogen (secondary N) is 8. The van der Waals surface area contributed by atoms with Crippen LogP contribution in [0.25, 0.3) is 0 Å². The van der Waals surface area contributed by atoms with Gasteiger partial charge in [-0.15, -0.1) is 0 Å². The molecule has 48 nitrogen and oxygen atoms in total. The van der Waals surface area contributed by atoms with E-state index < -0.39 is 0 Å². The summed E-state index contributed by atoms with van der Waals surface area (Å²) in [6.07, 6.45) is 0. The molecule has 0 aliphatic carbocycles. The fourth-order valence-corrected chi connectivity index (χ4v) is 8.49. The van der Waals surface area contributed by atoms with E-state index in [1.165, 1.54) is 72.8 Å². The monoisotopic (exact) mass is 1590 g/mol. The quantitative estimate of drug-likeness (QED) is 0.0372. The second-order valence-electron chi connectivity index (χ2n) is 23.9. The molecule has 0 unspecified atom stereocenters. The molecular weight excluding hydrogens is 1500 g/mol. The number of anilines is 23. The summed E-state index contributed by atoms with van der Waals surface area (Å²) in [5.41, 5.74) is 31.0. The average Bonchev–Trinajstić information content (AvgIpc) is 0.871. The van der Waals surface area contributed by atoms with Crippen molar-refractivity contribution in [2.45, 2.75) is 6.54 Å². The Labute approximate surface area is 654 Å². The van der Waals surface area contributed by atoms with E-state index in [-0.39, 0.29) is 117 Å². The lowest BCUT2D eigenvalue weighted by molar-refractivity contribution is 0.403. The molecule has 0 atom stereocenters. The zero-order valence-electron chi connectivity index (χ0n) is 63.6. The summed E-state index contributed by atoms with van der Waals surface area (Å²) in [5.74, 6) is 2.61. The normalized spacial score (nSPS) is 10.2. The van der Waals surface area contributed by atoms with Crippen molar-refractivity contribution < 1.29 is 61.3 Å². The number of aromatic hydroxyl groups is 12. The molecule has 6 aromatic carbocycles. The van der Waals surface area contributed by atoms with Gasteiger partial charge in [-0.2, -0.15) is 89.7 Å². The third kappa shape index (κ3) is 26.1. The minimum atomic E-state index is -0.240. The minimum absolute atomic E-state index is 0.0264. The number of nitrogens with zero attached hydrogens (tertiary/aromatic N) is 23. The van der Waals surface area contributed by atoms with E-state index in [2.05, 4.69) is 132 Å². The first-order valence-electron chi connectivity index (χ1n) is 33.2. The first kappa shape index (κ1) is 85.6. The Hall–Kier alpha value is -16.6. The second kappa shape index (κ2) is 39.5. The van der Waals surface area contributed by atoms with Gasteiger partial charge in [-0.05, 0) is 78.4 Å². The molecule has 12 rings (SSSR count). The lowest BCUT2D eigenvalue weighted by Crippen LogP contribution is -2.19. The van der Waals surface area contributed by atoms with Crippen molar-refractivity contribution in [3.05, 3.63) is 115 Å². The number of nitrogen functional groups attached to an aromatic ring is 5. The van der Waals surface area contributed by atoms with Crippen LogP contribution in [0.4, 0.5) is 136 Å². The maximum absolute atomic E-state index is 9.50. The van der Waals surface area contributed by atoms with Gasteiger partial charge in [0.25, 0.3) is 0 Å². The predicted molar refractivity (Wildman–Crippen MR) is 434 cm³/mol. The van der Waals surface area contributed by atoms with E-state index in [0.717, 1.165) is 5.56 Å². The first-order chi connectivity index (χ1) is 54.4. The number of hydrogen-bond acceptors (Lipinski definition) is 48. The highest BCUT2D eigenvalue weighted by Gasteiger charge is 2.17. The van der Waals surface area contributed by atoms with E-state index in [0.29, 0.717) is 94.5 Å². The van der Waals surface area contributed by atoms with Crippen molar-refractivity contribution in [2.75, 3.05) is 180 Å². The van der Waals surface area contributed by atoms with E-state index in [9.17, 15) is 56.2 Å². The average molecular weight is 1590 g/mol. The minimum Gasteiger partial charge on any atom is -0.504 e. The van der Waals surface area contributed by atoms with Crippen LogP contribution in [0.2, 0.25) is 0 Å². The summed E-state index contributed by atoms with van der Waals surface area (Å²) in [6.45, 7) is 0.344. The molecule has 30 N–H and O–H groups in total. The summed E-state index contributed by atoms with van der Waals surface area (Å²) in [6, 6.07) is 26.2. The number of phenolic OH excluding ortho intramolecular Hbond substituents is 12. The Balaban J connectivity index is 0.000000191. The highest BCUT2D eigenvalue weighted by molar-refractivity contribution is 5.66. The topological polar surface area (TPSA) is 717 Å². The van der Waals surface area contributed by atoms with Gasteiger partial charge in [-0.1, -0.05) is 6.07 Å². The molecule has 0 fully saturated rings. The standard InChI is InChI=1S/C13H18N6O2.C12H16N6O2.2C11H14N6O2.2C10H12N6O2/c1-18(2)12-15-11(16-13(17-12)19(3)4)14-8-5-6-9(20)10(21)7-8;1-13-10-15-11(17-12(16-10)18(2)3)14-7-4-5-8(19)9(20)6-7;1-17(2)11-15-9(12)14-10(16-11)13-6-3-4-7(18)8(19)5-6;1-13-10-14-9(12)15-11(16-10)17(2)6-3-4-7(18)8(19)5-6;1-12-9-14-8(11)15-10(16-9)13-5-2-3-6(17)7(18)4-5;11-8-14-9(12)16-10(15-8)13-4-5-1-2-6(17)7(18)3-5/h5-7,20-21H,1-4H3,(H,14,15,16,17);4-6,19-20H,1-3H3,(H2,13,14,15,16,17);2*3-5,18-19H,1-2H3,(H3,12,13,14,15,16);2-4,17-18H,1H3,(H4,11,12,13,14,15,16);1-3,17-18H,4H2,(H5,11,12,13,14,15,16). The van der Waals surface area contributed by atoms with Crippen molar-refractivity contribution in [3.8, 4) is 69.0 Å². The third-order valence-corrected chi connectivity index (χ3v) is 14.2. The van der Waals surface area contributed by atoms with Crippen molar-refractivity contribution in [1.29, 1.82) is 0 Å². The number of hydrogen-bond donors (Lipinski definition) is 25. The lowest BCUT2D eigenvalue weighted by atomic mass is 10.2. The molecule has 6 aromatic heterocycles. The molecule has 0 aliphatic rings. The van der Waals surface area contributed by atoms with Crippen LogP contribution in [0, 0.1) is 0 Å². The van der Waals surface area contributed by atoms with Gasteiger partial charge in [0.15, 0.2) is 69.0 Å². The van der Waals surface area contributed by atoms with Crippen LogP contribution in [0.15, 0.2) is 109 Å². The maximum Gasteiger partial charge on any atom is 0.236 e. The van der Waals surface area contributed by atoms with Gasteiger partial charge in [0.2, 0.25) is 107 Å². The van der Waals surface area contributed by atoms with Gasteiger partial charge >= 0.3 is 0 Å². The fourth-order valence-electron chi connectivity index (χ4n) is 8.49. The highest BCUT2D eigenvalue weighted by atomic mass is 16.3. The smallest absolute Gasteiger partial charge is 0.236 e. The molecule has 0 spiro atoms. The summed E-state index contributed by atoms with van der Waals surface area (Å²) in [7, 11) is 21.3. The first-order valence-corrected chi connectivity index (χ1v) is 33.2. The predicted octanol–water partition coefficient (Wildman–Crippen LogP) is 4.35. The Kier molecular flexibility index (Phi) is 29.4. The van der Waals surface area contributed by atoms with E-state index in [1.807, 2.05) is 42.3 Å². The van der Waals surface area contributed by atoms with Crippen LogP contribution in [0.3, 0.4) is 0 Å². The lowest BCUT2D eigenvalue weighted by Gasteiger charge is -2.18. The summed E-state index contributed by atoms with van der Waals surface area (Å²) < 4.78 is 0. The molecule has 12 aromatic rings. The van der Waals surface area contributed by atoms with Gasteiger partial charge in [0.1, 0.15) is 0 Å².